The van der Waals surface area contributed by atoms with Crippen LogP contribution in [0.3, 0.4) is 0 Å². The third-order valence-electron chi connectivity index (χ3n) is 6.34. The molecule has 0 radical (unpaired) electrons. The highest BCUT2D eigenvalue weighted by atomic mass is 35.5. The first kappa shape index (κ1) is 24.2. The highest BCUT2D eigenvalue weighted by Crippen LogP contribution is 2.35. The number of amides is 1. The van der Waals surface area contributed by atoms with Gasteiger partial charge in [-0.25, -0.2) is 5.01 Å². The topological polar surface area (TPSA) is 71.4 Å². The molecule has 2 atom stereocenters. The lowest BCUT2D eigenvalue weighted by molar-refractivity contribution is -0.150. The van der Waals surface area contributed by atoms with Gasteiger partial charge in [-0.1, -0.05) is 41.9 Å². The lowest BCUT2D eigenvalue weighted by Crippen LogP contribution is -2.44. The van der Waals surface area contributed by atoms with Gasteiger partial charge in [0.25, 0.3) is 5.91 Å². The fourth-order valence-corrected chi connectivity index (χ4v) is 4.84. The predicted molar refractivity (Wildman–Crippen MR) is 131 cm³/mol. The number of carbonyl (C=O) groups excluding carboxylic acids is 2. The third kappa shape index (κ3) is 5.42. The number of rotatable bonds is 7. The maximum absolute atomic E-state index is 13.5. The minimum Gasteiger partial charge on any atom is -0.497 e. The molecule has 2 aliphatic heterocycles. The normalized spacial score (nSPS) is 20.7. The summed E-state index contributed by atoms with van der Waals surface area (Å²) in [5.41, 5.74) is 2.59. The molecule has 34 heavy (non-hydrogen) atoms. The van der Waals surface area contributed by atoms with E-state index in [1.165, 1.54) is 0 Å². The van der Waals surface area contributed by atoms with E-state index in [0.29, 0.717) is 24.6 Å². The molecule has 0 saturated carbocycles. The highest BCUT2D eigenvalue weighted by Gasteiger charge is 2.35. The molecule has 2 heterocycles. The first-order valence-corrected chi connectivity index (χ1v) is 12.0. The Labute approximate surface area is 205 Å². The maximum Gasteiger partial charge on any atom is 0.310 e. The van der Waals surface area contributed by atoms with Crippen molar-refractivity contribution in [1.29, 1.82) is 0 Å². The minimum absolute atomic E-state index is 0.104. The molecule has 1 amide bonds. The number of halogens is 1. The van der Waals surface area contributed by atoms with Gasteiger partial charge in [-0.3, -0.25) is 14.5 Å². The number of hydrazone groups is 1. The van der Waals surface area contributed by atoms with E-state index in [1.807, 2.05) is 60.4 Å². The number of hydrogen-bond donors (Lipinski definition) is 0. The lowest BCUT2D eigenvalue weighted by Gasteiger charge is -2.32. The zero-order valence-electron chi connectivity index (χ0n) is 19.6. The second-order valence-electron chi connectivity index (χ2n) is 8.58. The zero-order valence-corrected chi connectivity index (χ0v) is 20.3. The van der Waals surface area contributed by atoms with E-state index >= 15 is 0 Å². The van der Waals surface area contributed by atoms with Crippen molar-refractivity contribution in [3.05, 3.63) is 64.7 Å². The second kappa shape index (κ2) is 11.0. The summed E-state index contributed by atoms with van der Waals surface area (Å²) in [6.45, 7) is 3.66. The molecule has 0 spiro atoms. The van der Waals surface area contributed by atoms with Crippen LogP contribution < -0.4 is 4.74 Å². The van der Waals surface area contributed by atoms with E-state index < -0.39 is 0 Å². The Morgan fingerprint density at radius 3 is 2.62 bits per heavy atom. The molecule has 8 heteroatoms. The van der Waals surface area contributed by atoms with Gasteiger partial charge in [-0.05, 0) is 50.1 Å². The summed E-state index contributed by atoms with van der Waals surface area (Å²) < 4.78 is 10.5. The van der Waals surface area contributed by atoms with Crippen LogP contribution in [0.25, 0.3) is 0 Å². The number of piperidine rings is 1. The second-order valence-corrected chi connectivity index (χ2v) is 8.99. The lowest BCUT2D eigenvalue weighted by atomic mass is 9.97. The molecule has 180 valence electrons. The van der Waals surface area contributed by atoms with Crippen LogP contribution in [0.2, 0.25) is 5.02 Å². The van der Waals surface area contributed by atoms with E-state index in [2.05, 4.69) is 0 Å². The van der Waals surface area contributed by atoms with Gasteiger partial charge in [-0.15, -0.1) is 0 Å². The van der Waals surface area contributed by atoms with Crippen molar-refractivity contribution in [3.63, 3.8) is 0 Å². The van der Waals surface area contributed by atoms with Gasteiger partial charge in [0.15, 0.2) is 0 Å². The van der Waals surface area contributed by atoms with Crippen molar-refractivity contribution < 1.29 is 19.1 Å². The zero-order chi connectivity index (χ0) is 24.1. The van der Waals surface area contributed by atoms with E-state index in [4.69, 9.17) is 26.2 Å². The number of esters is 1. The number of nitrogens with zero attached hydrogens (tertiary/aromatic N) is 3. The van der Waals surface area contributed by atoms with Crippen molar-refractivity contribution in [2.24, 2.45) is 11.0 Å². The molecule has 0 aliphatic carbocycles. The number of ether oxygens (including phenoxy) is 2. The van der Waals surface area contributed by atoms with Crippen molar-refractivity contribution >= 4 is 29.2 Å². The van der Waals surface area contributed by atoms with Crippen molar-refractivity contribution in [2.75, 3.05) is 33.4 Å². The average molecular weight is 484 g/mol. The molecule has 1 saturated heterocycles. The minimum atomic E-state index is -0.240. The fourth-order valence-electron chi connectivity index (χ4n) is 4.60. The monoisotopic (exact) mass is 483 g/mol. The summed E-state index contributed by atoms with van der Waals surface area (Å²) in [6.07, 6.45) is 2.20. The van der Waals surface area contributed by atoms with E-state index in [0.717, 1.165) is 42.0 Å². The van der Waals surface area contributed by atoms with Gasteiger partial charge in [0.05, 0.1) is 37.9 Å². The molecule has 7 nitrogen and oxygen atoms in total. The molecule has 0 N–H and O–H groups in total. The molecular weight excluding hydrogens is 454 g/mol. The fraction of sp³-hybridized carbons (Fsp3) is 0.423. The van der Waals surface area contributed by atoms with Crippen LogP contribution in [0.5, 0.6) is 5.75 Å². The molecule has 0 aromatic heterocycles. The number of likely N-dealkylation sites (tertiary alicyclic amines) is 1. The van der Waals surface area contributed by atoms with Gasteiger partial charge in [-0.2, -0.15) is 5.10 Å². The Morgan fingerprint density at radius 1 is 1.15 bits per heavy atom. The van der Waals surface area contributed by atoms with Crippen LogP contribution in [0.15, 0.2) is 53.6 Å². The van der Waals surface area contributed by atoms with Crippen LogP contribution in [-0.4, -0.2) is 60.8 Å². The third-order valence-corrected chi connectivity index (χ3v) is 6.67. The van der Waals surface area contributed by atoms with E-state index in [-0.39, 0.29) is 30.4 Å². The Morgan fingerprint density at radius 2 is 1.91 bits per heavy atom. The molecule has 4 rings (SSSR count). The predicted octanol–water partition coefficient (Wildman–Crippen LogP) is 4.30. The van der Waals surface area contributed by atoms with Crippen molar-refractivity contribution in [1.82, 2.24) is 9.91 Å². The molecule has 2 aliphatic rings. The van der Waals surface area contributed by atoms with Gasteiger partial charge >= 0.3 is 5.97 Å². The Bertz CT molecular complexity index is 1060. The van der Waals surface area contributed by atoms with Crippen LogP contribution in [-0.2, 0) is 14.3 Å². The summed E-state index contributed by atoms with van der Waals surface area (Å²) in [5.74, 6) is 0.271. The number of hydrogen-bond acceptors (Lipinski definition) is 6. The van der Waals surface area contributed by atoms with Crippen molar-refractivity contribution in [2.45, 2.75) is 32.2 Å². The Hall–Kier alpha value is -2.90. The van der Waals surface area contributed by atoms with Crippen LogP contribution in [0, 0.1) is 5.92 Å². The summed E-state index contributed by atoms with van der Waals surface area (Å²) in [6, 6.07) is 15.0. The quantitative estimate of drug-likeness (QED) is 0.549. The number of methoxy groups -OCH3 is 1. The Kier molecular flexibility index (Phi) is 7.85. The average Bonchev–Trinajstić information content (AvgIpc) is 3.30. The molecular formula is C26H30ClN3O4. The smallest absolute Gasteiger partial charge is 0.310 e. The van der Waals surface area contributed by atoms with E-state index in [9.17, 15) is 9.59 Å². The highest BCUT2D eigenvalue weighted by molar-refractivity contribution is 6.34. The molecule has 1 fully saturated rings. The van der Waals surface area contributed by atoms with Gasteiger partial charge in [0, 0.05) is 23.6 Å². The molecule has 2 aromatic carbocycles. The largest absolute Gasteiger partial charge is 0.497 e. The summed E-state index contributed by atoms with van der Waals surface area (Å²) in [7, 11) is 1.63. The van der Waals surface area contributed by atoms with Crippen LogP contribution in [0.4, 0.5) is 0 Å². The first-order chi connectivity index (χ1) is 16.5. The van der Waals surface area contributed by atoms with E-state index in [1.54, 1.807) is 12.1 Å². The van der Waals surface area contributed by atoms with Crippen LogP contribution in [0.1, 0.15) is 43.4 Å². The van der Waals surface area contributed by atoms with Crippen LogP contribution >= 0.6 is 11.6 Å². The van der Waals surface area contributed by atoms with Gasteiger partial charge < -0.3 is 9.47 Å². The van der Waals surface area contributed by atoms with Gasteiger partial charge in [0.2, 0.25) is 0 Å². The summed E-state index contributed by atoms with van der Waals surface area (Å²) in [5, 5.41) is 6.92. The molecule has 0 bridgehead atoms. The summed E-state index contributed by atoms with van der Waals surface area (Å²) >= 11 is 6.44. The Balaban J connectivity index is 1.55. The van der Waals surface area contributed by atoms with Gasteiger partial charge in [0.1, 0.15) is 5.75 Å². The number of benzene rings is 2. The SMILES string of the molecule is CCOC(=O)[C@H]1CCCN(CC(=O)N2N=C(c3ccccc3Cl)C[C@H]2c2ccc(OC)cc2)C1. The number of carbonyl (C=O) groups is 2. The van der Waals surface area contributed by atoms with Crippen molar-refractivity contribution in [3.8, 4) is 5.75 Å². The maximum atomic E-state index is 13.5. The summed E-state index contributed by atoms with van der Waals surface area (Å²) in [4.78, 5) is 27.7. The molecule has 0 unspecified atom stereocenters. The standard InChI is InChI=1S/C26H30ClN3O4/c1-3-34-26(32)19-7-6-14-29(16-19)17-25(31)30-24(18-10-12-20(33-2)13-11-18)15-23(28-30)21-8-4-5-9-22(21)27/h4-5,8-13,19,24H,3,6-7,14-17H2,1-2H3/t19-,24-/m0/s1. The first-order valence-electron chi connectivity index (χ1n) is 11.7. The molecule has 2 aromatic rings.